The molecule has 1 amide bonds. The molecule has 0 saturated heterocycles. The maximum Gasteiger partial charge on any atom is 0.229 e. The molecule has 0 fully saturated rings. The zero-order valence-electron chi connectivity index (χ0n) is 11.6. The highest BCUT2D eigenvalue weighted by Gasteiger charge is 2.28. The lowest BCUT2D eigenvalue weighted by atomic mass is 9.92. The Bertz CT molecular complexity index is 435. The van der Waals surface area contributed by atoms with Gasteiger partial charge in [-0.3, -0.25) is 4.79 Å². The highest BCUT2D eigenvalue weighted by atomic mass is 19.1. The van der Waals surface area contributed by atoms with Gasteiger partial charge in [-0.15, -0.1) is 0 Å². The van der Waals surface area contributed by atoms with Crippen molar-refractivity contribution in [3.8, 4) is 5.75 Å². The molecule has 1 aromatic rings. The average molecular weight is 268 g/mol. The van der Waals surface area contributed by atoms with E-state index in [1.165, 1.54) is 6.07 Å². The number of nitrogens with two attached hydrogens (primary N) is 1. The summed E-state index contributed by atoms with van der Waals surface area (Å²) in [5, 5.41) is 0. The number of rotatable bonds is 6. The highest BCUT2D eigenvalue weighted by Crippen LogP contribution is 2.17. The Hall–Kier alpha value is -1.62. The molecule has 1 aromatic carbocycles. The van der Waals surface area contributed by atoms with Gasteiger partial charge in [-0.2, -0.15) is 0 Å². The molecule has 0 heterocycles. The molecular weight excluding hydrogens is 247 g/mol. The molecule has 4 nitrogen and oxygen atoms in total. The van der Waals surface area contributed by atoms with Gasteiger partial charge in [-0.1, -0.05) is 12.1 Å². The van der Waals surface area contributed by atoms with Gasteiger partial charge in [-0.05, 0) is 26.0 Å². The maximum absolute atomic E-state index is 13.3. The second kappa shape index (κ2) is 6.52. The second-order valence-electron chi connectivity index (χ2n) is 5.09. The molecule has 106 valence electrons. The van der Waals surface area contributed by atoms with E-state index in [1.54, 1.807) is 44.0 Å². The predicted octanol–water partition coefficient (Wildman–Crippen LogP) is 1.65. The normalized spacial score (nSPS) is 11.2. The van der Waals surface area contributed by atoms with Crippen LogP contribution in [0.25, 0.3) is 0 Å². The SMILES string of the molecule is CN(CCOc1ccccc1F)C(=O)C(C)(C)CN. The van der Waals surface area contributed by atoms with Gasteiger partial charge in [0.15, 0.2) is 11.6 Å². The molecular formula is C14H21FN2O2. The number of carbonyl (C=O) groups excluding carboxylic acids is 1. The van der Waals surface area contributed by atoms with Crippen molar-refractivity contribution >= 4 is 5.91 Å². The van der Waals surface area contributed by atoms with Crippen LogP contribution in [0.1, 0.15) is 13.8 Å². The van der Waals surface area contributed by atoms with Crippen LogP contribution < -0.4 is 10.5 Å². The molecule has 0 aliphatic rings. The van der Waals surface area contributed by atoms with Crippen molar-refractivity contribution in [3.63, 3.8) is 0 Å². The largest absolute Gasteiger partial charge is 0.489 e. The van der Waals surface area contributed by atoms with Crippen molar-refractivity contribution in [2.24, 2.45) is 11.1 Å². The number of carbonyl (C=O) groups is 1. The van der Waals surface area contributed by atoms with E-state index < -0.39 is 11.2 Å². The van der Waals surface area contributed by atoms with Crippen LogP contribution >= 0.6 is 0 Å². The van der Waals surface area contributed by atoms with Crippen LogP contribution in [0.5, 0.6) is 5.75 Å². The van der Waals surface area contributed by atoms with E-state index in [2.05, 4.69) is 0 Å². The van der Waals surface area contributed by atoms with Crippen molar-refractivity contribution in [2.45, 2.75) is 13.8 Å². The number of amides is 1. The first kappa shape index (κ1) is 15.4. The Labute approximate surface area is 113 Å². The molecule has 2 N–H and O–H groups in total. The van der Waals surface area contributed by atoms with Gasteiger partial charge in [0, 0.05) is 13.6 Å². The summed E-state index contributed by atoms with van der Waals surface area (Å²) < 4.78 is 18.6. The number of likely N-dealkylation sites (N-methyl/N-ethyl adjacent to an activating group) is 1. The van der Waals surface area contributed by atoms with Crippen LogP contribution in [-0.4, -0.2) is 37.6 Å². The number of nitrogens with zero attached hydrogens (tertiary/aromatic N) is 1. The highest BCUT2D eigenvalue weighted by molar-refractivity contribution is 5.81. The fourth-order valence-electron chi connectivity index (χ4n) is 1.56. The van der Waals surface area contributed by atoms with Crippen molar-refractivity contribution in [3.05, 3.63) is 30.1 Å². The van der Waals surface area contributed by atoms with E-state index in [-0.39, 0.29) is 24.8 Å². The topological polar surface area (TPSA) is 55.6 Å². The number of para-hydroxylation sites is 1. The lowest BCUT2D eigenvalue weighted by Gasteiger charge is -2.28. The minimum atomic E-state index is -0.591. The summed E-state index contributed by atoms with van der Waals surface area (Å²) in [6, 6.07) is 6.19. The molecule has 0 atom stereocenters. The molecule has 5 heteroatoms. The first-order valence-corrected chi connectivity index (χ1v) is 6.21. The van der Waals surface area contributed by atoms with Crippen LogP contribution in [0, 0.1) is 11.2 Å². The van der Waals surface area contributed by atoms with Crippen LogP contribution in [0.2, 0.25) is 0 Å². The second-order valence-corrected chi connectivity index (χ2v) is 5.09. The van der Waals surface area contributed by atoms with Gasteiger partial charge in [0.1, 0.15) is 6.61 Å². The smallest absolute Gasteiger partial charge is 0.229 e. The van der Waals surface area contributed by atoms with E-state index in [4.69, 9.17) is 10.5 Å². The summed E-state index contributed by atoms with van der Waals surface area (Å²) in [6.45, 7) is 4.50. The van der Waals surface area contributed by atoms with Crippen LogP contribution in [0.3, 0.4) is 0 Å². The Balaban J connectivity index is 2.46. The Morgan fingerprint density at radius 1 is 1.42 bits per heavy atom. The van der Waals surface area contributed by atoms with E-state index in [9.17, 15) is 9.18 Å². The molecule has 19 heavy (non-hydrogen) atoms. The summed E-state index contributed by atoms with van der Waals surface area (Å²) >= 11 is 0. The van der Waals surface area contributed by atoms with Crippen molar-refractivity contribution in [1.82, 2.24) is 4.90 Å². The Kier molecular flexibility index (Phi) is 5.30. The number of ether oxygens (including phenoxy) is 1. The summed E-state index contributed by atoms with van der Waals surface area (Å²) in [6.07, 6.45) is 0. The summed E-state index contributed by atoms with van der Waals surface area (Å²) in [5.41, 5.74) is 4.97. The number of benzene rings is 1. The monoisotopic (exact) mass is 268 g/mol. The fourth-order valence-corrected chi connectivity index (χ4v) is 1.56. The van der Waals surface area contributed by atoms with Gasteiger partial charge in [0.05, 0.1) is 12.0 Å². The molecule has 0 aliphatic carbocycles. The number of hydrogen-bond donors (Lipinski definition) is 1. The van der Waals surface area contributed by atoms with Gasteiger partial charge in [-0.25, -0.2) is 4.39 Å². The lowest BCUT2D eigenvalue weighted by Crippen LogP contribution is -2.44. The molecule has 0 unspecified atom stereocenters. The predicted molar refractivity (Wildman–Crippen MR) is 72.4 cm³/mol. The van der Waals surface area contributed by atoms with Gasteiger partial charge < -0.3 is 15.4 Å². The molecule has 0 radical (unpaired) electrons. The maximum atomic E-state index is 13.3. The first-order chi connectivity index (χ1) is 8.88. The standard InChI is InChI=1S/C14H21FN2O2/c1-14(2,10-16)13(18)17(3)8-9-19-12-7-5-4-6-11(12)15/h4-7H,8-10,16H2,1-3H3. The molecule has 0 aliphatic heterocycles. The summed E-state index contributed by atoms with van der Waals surface area (Å²) in [5.74, 6) is -0.257. The third-order valence-electron chi connectivity index (χ3n) is 2.96. The van der Waals surface area contributed by atoms with E-state index in [1.807, 2.05) is 0 Å². The molecule has 0 spiro atoms. The summed E-state index contributed by atoms with van der Waals surface area (Å²) in [4.78, 5) is 13.6. The Morgan fingerprint density at radius 3 is 2.63 bits per heavy atom. The molecule has 1 rings (SSSR count). The number of hydrogen-bond acceptors (Lipinski definition) is 3. The van der Waals surface area contributed by atoms with E-state index in [0.717, 1.165) is 0 Å². The van der Waals surface area contributed by atoms with Crippen LogP contribution in [-0.2, 0) is 4.79 Å². The third-order valence-corrected chi connectivity index (χ3v) is 2.96. The van der Waals surface area contributed by atoms with Gasteiger partial charge in [0.2, 0.25) is 5.91 Å². The van der Waals surface area contributed by atoms with E-state index >= 15 is 0 Å². The molecule has 0 saturated carbocycles. The van der Waals surface area contributed by atoms with Gasteiger partial charge >= 0.3 is 0 Å². The zero-order chi connectivity index (χ0) is 14.5. The van der Waals surface area contributed by atoms with Crippen LogP contribution in [0.15, 0.2) is 24.3 Å². The van der Waals surface area contributed by atoms with Crippen molar-refractivity contribution in [2.75, 3.05) is 26.7 Å². The van der Waals surface area contributed by atoms with Crippen LogP contribution in [0.4, 0.5) is 4.39 Å². The fraction of sp³-hybridized carbons (Fsp3) is 0.500. The van der Waals surface area contributed by atoms with E-state index in [0.29, 0.717) is 6.54 Å². The summed E-state index contributed by atoms with van der Waals surface area (Å²) in [7, 11) is 1.68. The quantitative estimate of drug-likeness (QED) is 0.853. The average Bonchev–Trinajstić information content (AvgIpc) is 2.39. The van der Waals surface area contributed by atoms with Crippen molar-refractivity contribution in [1.29, 1.82) is 0 Å². The third kappa shape index (κ3) is 4.21. The minimum Gasteiger partial charge on any atom is -0.489 e. The molecule has 0 bridgehead atoms. The van der Waals surface area contributed by atoms with Gasteiger partial charge in [0.25, 0.3) is 0 Å². The number of halogens is 1. The minimum absolute atomic E-state index is 0.0490. The van der Waals surface area contributed by atoms with Crippen molar-refractivity contribution < 1.29 is 13.9 Å². The zero-order valence-corrected chi connectivity index (χ0v) is 11.6. The Morgan fingerprint density at radius 2 is 2.05 bits per heavy atom. The first-order valence-electron chi connectivity index (χ1n) is 6.21. The lowest BCUT2D eigenvalue weighted by molar-refractivity contribution is -0.138. The molecule has 0 aromatic heterocycles.